The number of hydrogen-bond acceptors (Lipinski definition) is 7. The number of nitrogens with one attached hydrogen (secondary N) is 2. The number of carboxylic acids is 1. The SMILES string of the molecule is CCOC(=O)[C@@H](C)C[C@@H](NC(=O)[C@@H](NC(=O)OCc1ccccc1)[C@@H](C)O)C(=O)O. The Balaban J connectivity index is 2.70. The van der Waals surface area contributed by atoms with E-state index in [-0.39, 0.29) is 19.6 Å². The molecule has 166 valence electrons. The fraction of sp³-hybridized carbons (Fsp3) is 0.500. The summed E-state index contributed by atoms with van der Waals surface area (Å²) in [4.78, 5) is 47.7. The van der Waals surface area contributed by atoms with Crippen molar-refractivity contribution in [2.45, 2.75) is 52.0 Å². The first-order valence-corrected chi connectivity index (χ1v) is 9.50. The molecule has 1 rings (SSSR count). The van der Waals surface area contributed by atoms with E-state index in [1.807, 2.05) is 0 Å². The minimum absolute atomic E-state index is 0.0460. The van der Waals surface area contributed by atoms with Crippen LogP contribution in [0.5, 0.6) is 0 Å². The van der Waals surface area contributed by atoms with E-state index in [1.165, 1.54) is 13.8 Å². The van der Waals surface area contributed by atoms with Crippen molar-refractivity contribution in [1.82, 2.24) is 10.6 Å². The van der Waals surface area contributed by atoms with Gasteiger partial charge >= 0.3 is 18.0 Å². The Morgan fingerprint density at radius 1 is 1.03 bits per heavy atom. The summed E-state index contributed by atoms with van der Waals surface area (Å²) in [5.41, 5.74) is 0.726. The average Bonchev–Trinajstić information content (AvgIpc) is 2.70. The van der Waals surface area contributed by atoms with Gasteiger partial charge in [0.25, 0.3) is 0 Å². The van der Waals surface area contributed by atoms with E-state index in [0.717, 1.165) is 5.56 Å². The van der Waals surface area contributed by atoms with E-state index in [9.17, 15) is 29.4 Å². The smallest absolute Gasteiger partial charge is 0.408 e. The first-order chi connectivity index (χ1) is 14.1. The molecule has 0 aromatic heterocycles. The number of carbonyl (C=O) groups is 4. The van der Waals surface area contributed by atoms with E-state index >= 15 is 0 Å². The molecule has 0 saturated heterocycles. The molecule has 1 aromatic rings. The number of carbonyl (C=O) groups excluding carboxylic acids is 3. The van der Waals surface area contributed by atoms with Crippen LogP contribution in [0.15, 0.2) is 30.3 Å². The van der Waals surface area contributed by atoms with Crippen molar-refractivity contribution < 1.29 is 38.9 Å². The van der Waals surface area contributed by atoms with Crippen LogP contribution in [0, 0.1) is 5.92 Å². The number of aliphatic hydroxyl groups is 1. The highest BCUT2D eigenvalue weighted by molar-refractivity contribution is 5.90. The zero-order valence-corrected chi connectivity index (χ0v) is 17.2. The van der Waals surface area contributed by atoms with Crippen LogP contribution in [-0.4, -0.2) is 58.9 Å². The van der Waals surface area contributed by atoms with Crippen molar-refractivity contribution in [2.75, 3.05) is 6.61 Å². The van der Waals surface area contributed by atoms with Crippen LogP contribution in [-0.2, 0) is 30.5 Å². The molecule has 2 amide bonds. The molecule has 0 fully saturated rings. The maximum absolute atomic E-state index is 12.5. The van der Waals surface area contributed by atoms with Gasteiger partial charge in [-0.3, -0.25) is 9.59 Å². The largest absolute Gasteiger partial charge is 0.480 e. The number of esters is 1. The van der Waals surface area contributed by atoms with E-state index in [4.69, 9.17) is 9.47 Å². The minimum atomic E-state index is -1.45. The van der Waals surface area contributed by atoms with Crippen LogP contribution in [0.4, 0.5) is 4.79 Å². The Kier molecular flexibility index (Phi) is 10.3. The quantitative estimate of drug-likeness (QED) is 0.381. The van der Waals surface area contributed by atoms with Gasteiger partial charge in [0, 0.05) is 0 Å². The van der Waals surface area contributed by atoms with Crippen LogP contribution < -0.4 is 10.6 Å². The normalized spacial score (nSPS) is 14.5. The fourth-order valence-corrected chi connectivity index (χ4v) is 2.51. The molecule has 4 N–H and O–H groups in total. The standard InChI is InChI=1S/C20H28N2O8/c1-4-29-19(27)12(2)10-15(18(25)26)21-17(24)16(13(3)23)22-20(28)30-11-14-8-6-5-7-9-14/h5-9,12-13,15-16,23H,4,10-11H2,1-3H3,(H,21,24)(H,22,28)(H,25,26)/t12-,13+,15+,16-/m0/s1. The van der Waals surface area contributed by atoms with E-state index in [0.29, 0.717) is 0 Å². The lowest BCUT2D eigenvalue weighted by Gasteiger charge is -2.24. The number of aliphatic carboxylic acids is 1. The first kappa shape index (κ1) is 24.9. The van der Waals surface area contributed by atoms with Crippen molar-refractivity contribution in [3.63, 3.8) is 0 Å². The number of hydrogen-bond donors (Lipinski definition) is 4. The third-order valence-corrected chi connectivity index (χ3v) is 4.14. The number of benzene rings is 1. The highest BCUT2D eigenvalue weighted by Gasteiger charge is 2.32. The molecule has 0 radical (unpaired) electrons. The van der Waals surface area contributed by atoms with Crippen molar-refractivity contribution in [3.8, 4) is 0 Å². The predicted octanol–water partition coefficient (Wildman–Crippen LogP) is 0.821. The summed E-state index contributed by atoms with van der Waals surface area (Å²) in [6.45, 7) is 4.46. The van der Waals surface area contributed by atoms with E-state index in [2.05, 4.69) is 10.6 Å². The molecule has 0 bridgehead atoms. The molecule has 1 aromatic carbocycles. The minimum Gasteiger partial charge on any atom is -0.480 e. The molecule has 0 aliphatic carbocycles. The molecule has 10 nitrogen and oxygen atoms in total. The maximum atomic E-state index is 12.5. The summed E-state index contributed by atoms with van der Waals surface area (Å²) < 4.78 is 9.85. The van der Waals surface area contributed by atoms with Gasteiger partial charge in [-0.15, -0.1) is 0 Å². The third kappa shape index (κ3) is 8.48. The van der Waals surface area contributed by atoms with Gasteiger partial charge in [0.1, 0.15) is 18.7 Å². The number of rotatable bonds is 11. The molecule has 0 unspecified atom stereocenters. The van der Waals surface area contributed by atoms with Gasteiger partial charge in [0.2, 0.25) is 5.91 Å². The fourth-order valence-electron chi connectivity index (χ4n) is 2.51. The molecule has 10 heteroatoms. The van der Waals surface area contributed by atoms with Crippen LogP contribution >= 0.6 is 0 Å². The van der Waals surface area contributed by atoms with Gasteiger partial charge in [-0.25, -0.2) is 9.59 Å². The highest BCUT2D eigenvalue weighted by atomic mass is 16.5. The summed E-state index contributed by atoms with van der Waals surface area (Å²) in [7, 11) is 0. The molecule has 0 spiro atoms. The number of aliphatic hydroxyl groups excluding tert-OH is 1. The second-order valence-electron chi connectivity index (χ2n) is 6.71. The molecule has 4 atom stereocenters. The number of alkyl carbamates (subject to hydrolysis) is 1. The van der Waals surface area contributed by atoms with Crippen LogP contribution in [0.25, 0.3) is 0 Å². The molecular weight excluding hydrogens is 396 g/mol. The topological polar surface area (TPSA) is 151 Å². The van der Waals surface area contributed by atoms with Crippen LogP contribution in [0.1, 0.15) is 32.8 Å². The Morgan fingerprint density at radius 3 is 2.20 bits per heavy atom. The summed E-state index contributed by atoms with van der Waals surface area (Å²) in [5, 5.41) is 23.7. The summed E-state index contributed by atoms with van der Waals surface area (Å²) in [6, 6.07) is 5.97. The summed E-state index contributed by atoms with van der Waals surface area (Å²) >= 11 is 0. The third-order valence-electron chi connectivity index (χ3n) is 4.14. The monoisotopic (exact) mass is 424 g/mol. The lowest BCUT2D eigenvalue weighted by Crippen LogP contribution is -2.56. The van der Waals surface area contributed by atoms with Gasteiger partial charge in [0.05, 0.1) is 18.6 Å². The average molecular weight is 424 g/mol. The Morgan fingerprint density at radius 2 is 1.67 bits per heavy atom. The van der Waals surface area contributed by atoms with Gasteiger partial charge in [-0.05, 0) is 25.8 Å². The van der Waals surface area contributed by atoms with Crippen molar-refractivity contribution in [3.05, 3.63) is 35.9 Å². The van der Waals surface area contributed by atoms with Gasteiger partial charge < -0.3 is 30.3 Å². The lowest BCUT2D eigenvalue weighted by molar-refractivity contribution is -0.149. The Labute approximate surface area is 174 Å². The van der Waals surface area contributed by atoms with Crippen LogP contribution in [0.3, 0.4) is 0 Å². The van der Waals surface area contributed by atoms with E-state index in [1.54, 1.807) is 37.3 Å². The van der Waals surface area contributed by atoms with Crippen molar-refractivity contribution in [1.29, 1.82) is 0 Å². The molecular formula is C20H28N2O8. The van der Waals surface area contributed by atoms with Crippen LogP contribution in [0.2, 0.25) is 0 Å². The van der Waals surface area contributed by atoms with Crippen molar-refractivity contribution in [2.24, 2.45) is 5.92 Å². The zero-order chi connectivity index (χ0) is 22.7. The number of carboxylic acid groups (broad SMARTS) is 1. The maximum Gasteiger partial charge on any atom is 0.408 e. The summed E-state index contributed by atoms with van der Waals surface area (Å²) in [6.07, 6.45) is -2.50. The molecule has 0 heterocycles. The second-order valence-corrected chi connectivity index (χ2v) is 6.71. The number of ether oxygens (including phenoxy) is 2. The Bertz CT molecular complexity index is 723. The first-order valence-electron chi connectivity index (χ1n) is 9.50. The highest BCUT2D eigenvalue weighted by Crippen LogP contribution is 2.10. The van der Waals surface area contributed by atoms with Gasteiger partial charge in [0.15, 0.2) is 0 Å². The molecule has 0 aliphatic heterocycles. The van der Waals surface area contributed by atoms with E-state index < -0.39 is 48.0 Å². The van der Waals surface area contributed by atoms with Gasteiger partial charge in [-0.1, -0.05) is 37.3 Å². The van der Waals surface area contributed by atoms with Gasteiger partial charge in [-0.2, -0.15) is 0 Å². The second kappa shape index (κ2) is 12.4. The summed E-state index contributed by atoms with van der Waals surface area (Å²) in [5.74, 6) is -3.66. The number of amides is 2. The predicted molar refractivity (Wildman–Crippen MR) is 105 cm³/mol. The molecule has 30 heavy (non-hydrogen) atoms. The lowest BCUT2D eigenvalue weighted by atomic mass is 10.0. The molecule has 0 aliphatic rings. The zero-order valence-electron chi connectivity index (χ0n) is 17.2. The Hall–Kier alpha value is -3.14. The molecule has 0 saturated carbocycles. The van der Waals surface area contributed by atoms with Crippen molar-refractivity contribution >= 4 is 23.9 Å².